The maximum Gasteiger partial charge on any atom is 0.254 e. The van der Waals surface area contributed by atoms with Crippen molar-refractivity contribution in [2.24, 2.45) is 0 Å². The van der Waals surface area contributed by atoms with Gasteiger partial charge in [0.1, 0.15) is 23.0 Å². The molecular weight excluding hydrogens is 308 g/mol. The van der Waals surface area contributed by atoms with E-state index < -0.39 is 0 Å². The number of aromatic amines is 1. The van der Waals surface area contributed by atoms with Crippen LogP contribution in [0.1, 0.15) is 28.0 Å². The maximum absolute atomic E-state index is 12.8. The number of benzene rings is 1. The molecule has 0 radical (unpaired) electrons. The number of morpholine rings is 1. The lowest BCUT2D eigenvalue weighted by Gasteiger charge is -2.32. The van der Waals surface area contributed by atoms with Crippen LogP contribution in [0, 0.1) is 6.92 Å². The SMILES string of the molecule is Cc1nccc([C@H]2CN(C(=O)c3ccc4n[nH]nc4c3)CCO2)n1. The van der Waals surface area contributed by atoms with Crippen LogP contribution in [-0.2, 0) is 4.74 Å². The molecule has 0 bridgehead atoms. The van der Waals surface area contributed by atoms with E-state index in [4.69, 9.17) is 4.74 Å². The quantitative estimate of drug-likeness (QED) is 0.762. The first-order valence-electron chi connectivity index (χ1n) is 7.71. The van der Waals surface area contributed by atoms with Gasteiger partial charge in [-0.25, -0.2) is 9.97 Å². The topological polar surface area (TPSA) is 96.9 Å². The summed E-state index contributed by atoms with van der Waals surface area (Å²) in [7, 11) is 0. The van der Waals surface area contributed by atoms with Gasteiger partial charge >= 0.3 is 0 Å². The van der Waals surface area contributed by atoms with Crippen molar-refractivity contribution < 1.29 is 9.53 Å². The minimum atomic E-state index is -0.236. The molecule has 1 saturated heterocycles. The second-order valence-corrected chi connectivity index (χ2v) is 5.67. The van der Waals surface area contributed by atoms with Crippen molar-refractivity contribution in [3.63, 3.8) is 0 Å². The number of rotatable bonds is 2. The Morgan fingerprint density at radius 2 is 2.17 bits per heavy atom. The molecule has 1 atom stereocenters. The smallest absolute Gasteiger partial charge is 0.254 e. The summed E-state index contributed by atoms with van der Waals surface area (Å²) in [6, 6.07) is 7.14. The third-order valence-electron chi connectivity index (χ3n) is 4.04. The van der Waals surface area contributed by atoms with Crippen LogP contribution in [0.25, 0.3) is 11.0 Å². The predicted molar refractivity (Wildman–Crippen MR) is 85.3 cm³/mol. The third kappa shape index (κ3) is 2.71. The van der Waals surface area contributed by atoms with E-state index in [0.717, 1.165) is 11.2 Å². The molecule has 2 aromatic heterocycles. The fraction of sp³-hybridized carbons (Fsp3) is 0.312. The first-order valence-corrected chi connectivity index (χ1v) is 7.71. The number of ether oxygens (including phenoxy) is 1. The van der Waals surface area contributed by atoms with Gasteiger partial charge in [0.2, 0.25) is 0 Å². The molecule has 8 heteroatoms. The molecule has 4 rings (SSSR count). The lowest BCUT2D eigenvalue weighted by molar-refractivity contribution is -0.0248. The Bertz CT molecular complexity index is 893. The van der Waals surface area contributed by atoms with Gasteiger partial charge < -0.3 is 9.64 Å². The van der Waals surface area contributed by atoms with Crippen LogP contribution >= 0.6 is 0 Å². The Morgan fingerprint density at radius 3 is 3.04 bits per heavy atom. The fourth-order valence-corrected chi connectivity index (χ4v) is 2.82. The number of nitrogens with zero attached hydrogens (tertiary/aromatic N) is 5. The third-order valence-corrected chi connectivity index (χ3v) is 4.04. The van der Waals surface area contributed by atoms with Gasteiger partial charge in [-0.1, -0.05) is 0 Å². The zero-order valence-corrected chi connectivity index (χ0v) is 13.1. The second kappa shape index (κ2) is 5.97. The molecule has 3 aromatic rings. The first kappa shape index (κ1) is 14.7. The summed E-state index contributed by atoms with van der Waals surface area (Å²) in [5.74, 6) is 0.648. The predicted octanol–water partition coefficient (Wildman–Crippen LogP) is 1.27. The Balaban J connectivity index is 1.55. The average Bonchev–Trinajstić information content (AvgIpc) is 3.09. The summed E-state index contributed by atoms with van der Waals surface area (Å²) in [6.45, 7) is 3.33. The van der Waals surface area contributed by atoms with E-state index in [-0.39, 0.29) is 12.0 Å². The number of H-pyrrole nitrogens is 1. The van der Waals surface area contributed by atoms with E-state index in [1.807, 2.05) is 13.0 Å². The Morgan fingerprint density at radius 1 is 1.29 bits per heavy atom. The zero-order chi connectivity index (χ0) is 16.5. The number of hydrogen-bond donors (Lipinski definition) is 1. The number of aryl methyl sites for hydroxylation is 1. The van der Waals surface area contributed by atoms with Crippen molar-refractivity contribution in [3.05, 3.63) is 47.5 Å². The van der Waals surface area contributed by atoms with Crippen LogP contribution in [0.5, 0.6) is 0 Å². The Labute approximate surface area is 137 Å². The van der Waals surface area contributed by atoms with Crippen LogP contribution in [0.3, 0.4) is 0 Å². The normalized spacial score (nSPS) is 18.0. The number of carbonyl (C=O) groups excluding carboxylic acids is 1. The summed E-state index contributed by atoms with van der Waals surface area (Å²) in [5.41, 5.74) is 2.81. The van der Waals surface area contributed by atoms with Crippen molar-refractivity contribution in [2.75, 3.05) is 19.7 Å². The molecule has 1 fully saturated rings. The molecule has 3 heterocycles. The molecule has 1 aromatic carbocycles. The van der Waals surface area contributed by atoms with Gasteiger partial charge in [-0.3, -0.25) is 4.79 Å². The van der Waals surface area contributed by atoms with E-state index in [0.29, 0.717) is 36.6 Å². The highest BCUT2D eigenvalue weighted by molar-refractivity contribution is 5.97. The first-order chi connectivity index (χ1) is 11.7. The lowest BCUT2D eigenvalue weighted by atomic mass is 10.1. The van der Waals surface area contributed by atoms with Crippen LogP contribution in [0.15, 0.2) is 30.5 Å². The van der Waals surface area contributed by atoms with E-state index in [1.165, 1.54) is 0 Å². The van der Waals surface area contributed by atoms with E-state index in [9.17, 15) is 4.79 Å². The minimum Gasteiger partial charge on any atom is -0.368 e. The fourth-order valence-electron chi connectivity index (χ4n) is 2.82. The molecule has 1 aliphatic heterocycles. The van der Waals surface area contributed by atoms with Crippen molar-refractivity contribution in [1.82, 2.24) is 30.3 Å². The van der Waals surface area contributed by atoms with Crippen molar-refractivity contribution >= 4 is 16.9 Å². The molecular formula is C16H16N6O2. The molecule has 122 valence electrons. The van der Waals surface area contributed by atoms with Gasteiger partial charge in [-0.2, -0.15) is 15.4 Å². The summed E-state index contributed by atoms with van der Waals surface area (Å²) in [6.07, 6.45) is 1.47. The van der Waals surface area contributed by atoms with E-state index in [2.05, 4.69) is 25.4 Å². The number of fused-ring (bicyclic) bond motifs is 1. The number of amides is 1. The second-order valence-electron chi connectivity index (χ2n) is 5.67. The highest BCUT2D eigenvalue weighted by atomic mass is 16.5. The lowest BCUT2D eigenvalue weighted by Crippen LogP contribution is -2.42. The largest absolute Gasteiger partial charge is 0.368 e. The van der Waals surface area contributed by atoms with Crippen LogP contribution in [0.4, 0.5) is 0 Å². The molecule has 1 amide bonds. The van der Waals surface area contributed by atoms with Crippen LogP contribution in [-0.4, -0.2) is 55.9 Å². The monoisotopic (exact) mass is 324 g/mol. The maximum atomic E-state index is 12.8. The summed E-state index contributed by atoms with van der Waals surface area (Å²) in [5, 5.41) is 10.6. The van der Waals surface area contributed by atoms with Crippen molar-refractivity contribution in [2.45, 2.75) is 13.0 Å². The molecule has 0 spiro atoms. The van der Waals surface area contributed by atoms with Gasteiger partial charge in [0, 0.05) is 18.3 Å². The molecule has 8 nitrogen and oxygen atoms in total. The van der Waals surface area contributed by atoms with Crippen molar-refractivity contribution in [3.8, 4) is 0 Å². The average molecular weight is 324 g/mol. The molecule has 0 aliphatic carbocycles. The van der Waals surface area contributed by atoms with Gasteiger partial charge in [0.05, 0.1) is 18.8 Å². The Kier molecular flexibility index (Phi) is 3.66. The number of hydrogen-bond acceptors (Lipinski definition) is 6. The summed E-state index contributed by atoms with van der Waals surface area (Å²) < 4.78 is 5.78. The van der Waals surface area contributed by atoms with E-state index >= 15 is 0 Å². The number of nitrogens with one attached hydrogen (secondary N) is 1. The van der Waals surface area contributed by atoms with Gasteiger partial charge in [-0.05, 0) is 31.2 Å². The standard InChI is InChI=1S/C16H16N6O2/c1-10-17-5-4-13(18-10)15-9-22(6-7-24-15)16(23)11-2-3-12-14(8-11)20-21-19-12/h2-5,8,15H,6-7,9H2,1H3,(H,19,20,21)/t15-/m1/s1. The van der Waals surface area contributed by atoms with Crippen LogP contribution in [0.2, 0.25) is 0 Å². The molecule has 1 aliphatic rings. The Hall–Kier alpha value is -2.87. The van der Waals surface area contributed by atoms with Gasteiger partial charge in [0.15, 0.2) is 0 Å². The van der Waals surface area contributed by atoms with Gasteiger partial charge in [0.25, 0.3) is 5.91 Å². The number of aromatic nitrogens is 5. The molecule has 1 N–H and O–H groups in total. The highest BCUT2D eigenvalue weighted by Gasteiger charge is 2.27. The molecule has 24 heavy (non-hydrogen) atoms. The number of carbonyl (C=O) groups is 1. The highest BCUT2D eigenvalue weighted by Crippen LogP contribution is 2.22. The van der Waals surface area contributed by atoms with Crippen molar-refractivity contribution in [1.29, 1.82) is 0 Å². The molecule has 0 saturated carbocycles. The summed E-state index contributed by atoms with van der Waals surface area (Å²) in [4.78, 5) is 23.1. The van der Waals surface area contributed by atoms with Crippen LogP contribution < -0.4 is 0 Å². The zero-order valence-electron chi connectivity index (χ0n) is 13.1. The van der Waals surface area contributed by atoms with Gasteiger partial charge in [-0.15, -0.1) is 0 Å². The van der Waals surface area contributed by atoms with E-state index in [1.54, 1.807) is 29.3 Å². The molecule has 0 unspecified atom stereocenters. The summed E-state index contributed by atoms with van der Waals surface area (Å²) >= 11 is 0. The minimum absolute atomic E-state index is 0.0426.